The summed E-state index contributed by atoms with van der Waals surface area (Å²) in [7, 11) is 0. The molecule has 16 heavy (non-hydrogen) atoms. The Morgan fingerprint density at radius 1 is 1.31 bits per heavy atom. The summed E-state index contributed by atoms with van der Waals surface area (Å²) < 4.78 is 28.3. The van der Waals surface area contributed by atoms with Gasteiger partial charge >= 0.3 is 0 Å². The van der Waals surface area contributed by atoms with Crippen LogP contribution in [0.3, 0.4) is 0 Å². The highest BCUT2D eigenvalue weighted by molar-refractivity contribution is 5.09. The summed E-state index contributed by atoms with van der Waals surface area (Å²) in [6, 6.07) is 0. The summed E-state index contributed by atoms with van der Waals surface area (Å²) in [6.45, 7) is -0.339. The predicted molar refractivity (Wildman–Crippen MR) is 58.6 cm³/mol. The first-order chi connectivity index (χ1) is 7.70. The fraction of sp³-hybridized carbons (Fsp3) is 0.833. The first-order valence-electron chi connectivity index (χ1n) is 5.93. The summed E-state index contributed by atoms with van der Waals surface area (Å²) in [4.78, 5) is 0. The third-order valence-corrected chi connectivity index (χ3v) is 2.78. The number of hydrogen-bond acceptors (Lipinski definition) is 2. The second kappa shape index (κ2) is 7.74. The van der Waals surface area contributed by atoms with Gasteiger partial charge in [-0.3, -0.25) is 0 Å². The minimum absolute atomic E-state index is 0.197. The number of hydrogen-bond donors (Lipinski definition) is 1. The molecule has 1 rings (SSSR count). The molecule has 0 aromatic carbocycles. The van der Waals surface area contributed by atoms with Gasteiger partial charge in [0.2, 0.25) is 0 Å². The van der Waals surface area contributed by atoms with E-state index in [9.17, 15) is 13.9 Å². The molecule has 1 N–H and O–H groups in total. The number of halogens is 2. The van der Waals surface area contributed by atoms with Crippen LogP contribution in [0.15, 0.2) is 11.6 Å². The van der Waals surface area contributed by atoms with E-state index in [0.29, 0.717) is 6.42 Å². The van der Waals surface area contributed by atoms with E-state index in [-0.39, 0.29) is 6.61 Å². The number of allylic oxidation sites excluding steroid dienone is 1. The lowest BCUT2D eigenvalue weighted by Gasteiger charge is -2.14. The van der Waals surface area contributed by atoms with Crippen molar-refractivity contribution in [3.05, 3.63) is 11.6 Å². The van der Waals surface area contributed by atoms with E-state index in [0.717, 1.165) is 24.8 Å². The van der Waals surface area contributed by atoms with Gasteiger partial charge in [-0.2, -0.15) is 0 Å². The molecule has 0 aliphatic heterocycles. The second-order valence-corrected chi connectivity index (χ2v) is 4.15. The summed E-state index contributed by atoms with van der Waals surface area (Å²) in [5.41, 5.74) is 1.05. The van der Waals surface area contributed by atoms with E-state index in [1.807, 2.05) is 0 Å². The van der Waals surface area contributed by atoms with Crippen LogP contribution in [0.5, 0.6) is 0 Å². The van der Waals surface area contributed by atoms with Crippen LogP contribution in [0.1, 0.15) is 38.5 Å². The Bertz CT molecular complexity index is 217. The first-order valence-corrected chi connectivity index (χ1v) is 5.93. The molecule has 1 atom stereocenters. The van der Waals surface area contributed by atoms with Crippen molar-refractivity contribution in [2.24, 2.45) is 0 Å². The summed E-state index contributed by atoms with van der Waals surface area (Å²) in [5, 5.41) is 9.83. The summed E-state index contributed by atoms with van der Waals surface area (Å²) >= 11 is 0. The highest BCUT2D eigenvalue weighted by Gasteiger charge is 2.12. The molecule has 0 aromatic rings. The maximum Gasteiger partial charge on any atom is 0.261 e. The van der Waals surface area contributed by atoms with Gasteiger partial charge in [-0.25, -0.2) is 8.78 Å². The van der Waals surface area contributed by atoms with E-state index < -0.39 is 19.1 Å². The van der Waals surface area contributed by atoms with Gasteiger partial charge in [0, 0.05) is 13.0 Å². The lowest BCUT2D eigenvalue weighted by Crippen LogP contribution is -2.15. The SMILES string of the molecule is OC(CCOCC(F)F)C1=CCCCCC1. The van der Waals surface area contributed by atoms with E-state index in [4.69, 9.17) is 4.74 Å². The van der Waals surface area contributed by atoms with Crippen LogP contribution in [-0.2, 0) is 4.74 Å². The number of ether oxygens (including phenoxy) is 1. The summed E-state index contributed by atoms with van der Waals surface area (Å²) in [5.74, 6) is 0. The van der Waals surface area contributed by atoms with Crippen LogP contribution in [0, 0.1) is 0 Å². The Balaban J connectivity index is 2.17. The Morgan fingerprint density at radius 3 is 2.88 bits per heavy atom. The van der Waals surface area contributed by atoms with Gasteiger partial charge in [-0.1, -0.05) is 12.5 Å². The van der Waals surface area contributed by atoms with Crippen molar-refractivity contribution in [3.8, 4) is 0 Å². The van der Waals surface area contributed by atoms with E-state index in [2.05, 4.69) is 6.08 Å². The molecule has 2 nitrogen and oxygen atoms in total. The van der Waals surface area contributed by atoms with E-state index in [1.54, 1.807) is 0 Å². The van der Waals surface area contributed by atoms with Gasteiger partial charge in [-0.15, -0.1) is 0 Å². The van der Waals surface area contributed by atoms with Gasteiger partial charge in [0.25, 0.3) is 6.43 Å². The fourth-order valence-corrected chi connectivity index (χ4v) is 1.90. The molecular formula is C12H20F2O2. The largest absolute Gasteiger partial charge is 0.389 e. The standard InChI is InChI=1S/C12H20F2O2/c13-12(14)9-16-8-7-11(15)10-5-3-1-2-4-6-10/h5,11-12,15H,1-4,6-9H2. The number of alkyl halides is 2. The van der Waals surface area contributed by atoms with Gasteiger partial charge in [0.05, 0.1) is 6.10 Å². The Hall–Kier alpha value is -0.480. The van der Waals surface area contributed by atoms with Crippen molar-refractivity contribution < 1.29 is 18.6 Å². The van der Waals surface area contributed by atoms with Gasteiger partial charge in [0.15, 0.2) is 0 Å². The molecular weight excluding hydrogens is 214 g/mol. The van der Waals surface area contributed by atoms with Crippen molar-refractivity contribution in [3.63, 3.8) is 0 Å². The molecule has 1 unspecified atom stereocenters. The van der Waals surface area contributed by atoms with Crippen LogP contribution < -0.4 is 0 Å². The maximum absolute atomic E-state index is 11.8. The smallest absolute Gasteiger partial charge is 0.261 e. The molecule has 0 saturated carbocycles. The van der Waals surface area contributed by atoms with Crippen molar-refractivity contribution in [2.75, 3.05) is 13.2 Å². The van der Waals surface area contributed by atoms with Gasteiger partial charge in [0.1, 0.15) is 6.61 Å². The van der Waals surface area contributed by atoms with Crippen molar-refractivity contribution in [1.82, 2.24) is 0 Å². The third kappa shape index (κ3) is 5.56. The van der Waals surface area contributed by atoms with Crippen molar-refractivity contribution >= 4 is 0 Å². The number of rotatable bonds is 6. The average molecular weight is 234 g/mol. The Morgan fingerprint density at radius 2 is 2.12 bits per heavy atom. The Labute approximate surface area is 95.3 Å². The number of aliphatic hydroxyl groups excluding tert-OH is 1. The molecule has 4 heteroatoms. The lowest BCUT2D eigenvalue weighted by atomic mass is 10.0. The monoisotopic (exact) mass is 234 g/mol. The quantitative estimate of drug-likeness (QED) is 0.565. The second-order valence-electron chi connectivity index (χ2n) is 4.15. The van der Waals surface area contributed by atoms with Crippen LogP contribution in [0.25, 0.3) is 0 Å². The molecule has 0 fully saturated rings. The molecule has 94 valence electrons. The first kappa shape index (κ1) is 13.6. The van der Waals surface area contributed by atoms with Crippen molar-refractivity contribution in [2.45, 2.75) is 51.1 Å². The molecule has 0 radical (unpaired) electrons. The Kier molecular flexibility index (Phi) is 6.57. The number of aliphatic hydroxyl groups is 1. The molecule has 1 aliphatic rings. The minimum Gasteiger partial charge on any atom is -0.389 e. The van der Waals surface area contributed by atoms with Crippen LogP contribution in [-0.4, -0.2) is 30.8 Å². The van der Waals surface area contributed by atoms with E-state index in [1.165, 1.54) is 12.8 Å². The molecule has 0 saturated heterocycles. The predicted octanol–water partition coefficient (Wildman–Crippen LogP) is 2.91. The van der Waals surface area contributed by atoms with Gasteiger partial charge in [-0.05, 0) is 31.3 Å². The van der Waals surface area contributed by atoms with Crippen molar-refractivity contribution in [1.29, 1.82) is 0 Å². The summed E-state index contributed by atoms with van der Waals surface area (Å²) in [6.07, 6.45) is 5.00. The zero-order valence-electron chi connectivity index (χ0n) is 9.50. The van der Waals surface area contributed by atoms with Gasteiger partial charge < -0.3 is 9.84 Å². The molecule has 1 aliphatic carbocycles. The highest BCUT2D eigenvalue weighted by atomic mass is 19.3. The molecule has 0 bridgehead atoms. The van der Waals surface area contributed by atoms with Crippen LogP contribution in [0.2, 0.25) is 0 Å². The topological polar surface area (TPSA) is 29.5 Å². The maximum atomic E-state index is 11.8. The molecule has 0 amide bonds. The lowest BCUT2D eigenvalue weighted by molar-refractivity contribution is 0.00789. The fourth-order valence-electron chi connectivity index (χ4n) is 1.90. The van der Waals surface area contributed by atoms with Crippen LogP contribution in [0.4, 0.5) is 8.78 Å². The molecule has 0 spiro atoms. The van der Waals surface area contributed by atoms with Crippen LogP contribution >= 0.6 is 0 Å². The minimum atomic E-state index is -2.42. The zero-order valence-corrected chi connectivity index (χ0v) is 9.50. The normalized spacial score (nSPS) is 19.4. The van der Waals surface area contributed by atoms with E-state index >= 15 is 0 Å². The molecule has 0 aromatic heterocycles. The molecule has 0 heterocycles. The average Bonchev–Trinajstić information content (AvgIpc) is 2.52. The third-order valence-electron chi connectivity index (χ3n) is 2.78. The zero-order chi connectivity index (χ0) is 11.8. The highest BCUT2D eigenvalue weighted by Crippen LogP contribution is 2.21.